The molecular formula is C14H28N2. The molecule has 1 heterocycles. The molecule has 0 amide bonds. The van der Waals surface area contributed by atoms with Gasteiger partial charge in [-0.05, 0) is 57.5 Å². The Kier molecular flexibility index (Phi) is 4.26. The second kappa shape index (κ2) is 5.50. The third kappa shape index (κ3) is 2.43. The molecule has 0 aromatic rings. The SMILES string of the molecule is CC1CCCN(C2CCCCC2CN)C1C. The van der Waals surface area contributed by atoms with Crippen LogP contribution in [0.5, 0.6) is 0 Å². The van der Waals surface area contributed by atoms with E-state index >= 15 is 0 Å². The molecule has 2 rings (SSSR count). The van der Waals surface area contributed by atoms with Gasteiger partial charge < -0.3 is 5.73 Å². The van der Waals surface area contributed by atoms with Crippen LogP contribution >= 0.6 is 0 Å². The van der Waals surface area contributed by atoms with Crippen LogP contribution < -0.4 is 5.73 Å². The topological polar surface area (TPSA) is 29.3 Å². The lowest BCUT2D eigenvalue weighted by Crippen LogP contribution is -2.53. The van der Waals surface area contributed by atoms with Crippen LogP contribution in [0, 0.1) is 11.8 Å². The molecule has 4 unspecified atom stereocenters. The van der Waals surface area contributed by atoms with Crippen molar-refractivity contribution in [3.8, 4) is 0 Å². The fourth-order valence-corrected chi connectivity index (χ4v) is 3.74. The number of rotatable bonds is 2. The average molecular weight is 224 g/mol. The zero-order chi connectivity index (χ0) is 11.5. The van der Waals surface area contributed by atoms with Crippen LogP contribution in [0.1, 0.15) is 52.4 Å². The number of hydrogen-bond acceptors (Lipinski definition) is 2. The van der Waals surface area contributed by atoms with Gasteiger partial charge in [0.25, 0.3) is 0 Å². The summed E-state index contributed by atoms with van der Waals surface area (Å²) in [7, 11) is 0. The fraction of sp³-hybridized carbons (Fsp3) is 1.00. The van der Waals surface area contributed by atoms with Crippen LogP contribution in [0.3, 0.4) is 0 Å². The molecule has 2 N–H and O–H groups in total. The number of likely N-dealkylation sites (tertiary alicyclic amines) is 1. The summed E-state index contributed by atoms with van der Waals surface area (Å²) in [4.78, 5) is 2.78. The molecule has 1 aliphatic carbocycles. The fourth-order valence-electron chi connectivity index (χ4n) is 3.74. The second-order valence-corrected chi connectivity index (χ2v) is 5.95. The predicted octanol–water partition coefficient (Wildman–Crippen LogP) is 2.62. The predicted molar refractivity (Wildman–Crippen MR) is 69.4 cm³/mol. The van der Waals surface area contributed by atoms with Crippen LogP contribution in [0.25, 0.3) is 0 Å². The summed E-state index contributed by atoms with van der Waals surface area (Å²) >= 11 is 0. The molecule has 2 heteroatoms. The van der Waals surface area contributed by atoms with Crippen molar-refractivity contribution in [2.45, 2.75) is 64.5 Å². The molecule has 2 nitrogen and oxygen atoms in total. The Morgan fingerprint density at radius 3 is 2.56 bits per heavy atom. The molecule has 2 fully saturated rings. The summed E-state index contributed by atoms with van der Waals surface area (Å²) in [6, 6.07) is 1.56. The summed E-state index contributed by atoms with van der Waals surface area (Å²) < 4.78 is 0. The lowest BCUT2D eigenvalue weighted by molar-refractivity contribution is 0.0235. The van der Waals surface area contributed by atoms with Gasteiger partial charge in [-0.15, -0.1) is 0 Å². The van der Waals surface area contributed by atoms with Crippen LogP contribution in [0.15, 0.2) is 0 Å². The van der Waals surface area contributed by atoms with Crippen LogP contribution in [0.4, 0.5) is 0 Å². The summed E-state index contributed by atoms with van der Waals surface area (Å²) in [5.41, 5.74) is 5.95. The van der Waals surface area contributed by atoms with Gasteiger partial charge in [-0.3, -0.25) is 4.90 Å². The molecule has 0 radical (unpaired) electrons. The molecule has 4 atom stereocenters. The highest BCUT2D eigenvalue weighted by Gasteiger charge is 2.35. The van der Waals surface area contributed by atoms with E-state index < -0.39 is 0 Å². The van der Waals surface area contributed by atoms with Crippen LogP contribution in [0.2, 0.25) is 0 Å². The Morgan fingerprint density at radius 2 is 1.81 bits per heavy atom. The monoisotopic (exact) mass is 224 g/mol. The maximum atomic E-state index is 5.95. The minimum atomic E-state index is 0.765. The highest BCUT2D eigenvalue weighted by Crippen LogP contribution is 2.33. The van der Waals surface area contributed by atoms with Gasteiger partial charge in [0.15, 0.2) is 0 Å². The van der Waals surface area contributed by atoms with E-state index in [1.165, 1.54) is 45.1 Å². The van der Waals surface area contributed by atoms with Crippen molar-refractivity contribution in [1.29, 1.82) is 0 Å². The molecule has 0 spiro atoms. The van der Waals surface area contributed by atoms with Crippen molar-refractivity contribution in [2.75, 3.05) is 13.1 Å². The first-order chi connectivity index (χ1) is 7.74. The molecule has 16 heavy (non-hydrogen) atoms. The molecule has 0 aromatic carbocycles. The standard InChI is InChI=1S/C14H28N2/c1-11-6-5-9-16(12(11)2)14-8-4-3-7-13(14)10-15/h11-14H,3-10,15H2,1-2H3. The Hall–Kier alpha value is -0.0800. The summed E-state index contributed by atoms with van der Waals surface area (Å²) in [6.45, 7) is 7.04. The van der Waals surface area contributed by atoms with Crippen molar-refractivity contribution in [2.24, 2.45) is 17.6 Å². The molecule has 1 saturated carbocycles. The largest absolute Gasteiger partial charge is 0.330 e. The van der Waals surface area contributed by atoms with Gasteiger partial charge in [0.2, 0.25) is 0 Å². The number of piperidine rings is 1. The van der Waals surface area contributed by atoms with E-state index in [-0.39, 0.29) is 0 Å². The molecular weight excluding hydrogens is 196 g/mol. The number of nitrogens with two attached hydrogens (primary N) is 1. The Labute approximate surface area is 101 Å². The van der Waals surface area contributed by atoms with E-state index in [2.05, 4.69) is 18.7 Å². The Balaban J connectivity index is 2.03. The first-order valence-corrected chi connectivity index (χ1v) is 7.20. The van der Waals surface area contributed by atoms with Gasteiger partial charge >= 0.3 is 0 Å². The Bertz CT molecular complexity index is 211. The molecule has 2 aliphatic rings. The third-order valence-electron chi connectivity index (χ3n) is 5.02. The van der Waals surface area contributed by atoms with Gasteiger partial charge in [-0.2, -0.15) is 0 Å². The molecule has 94 valence electrons. The number of hydrogen-bond donors (Lipinski definition) is 1. The lowest BCUT2D eigenvalue weighted by Gasteiger charge is -2.47. The van der Waals surface area contributed by atoms with Crippen molar-refractivity contribution in [3.63, 3.8) is 0 Å². The molecule has 1 aliphatic heterocycles. The molecule has 0 aromatic heterocycles. The maximum absolute atomic E-state index is 5.95. The summed E-state index contributed by atoms with van der Waals surface area (Å²) in [5.74, 6) is 1.63. The van der Waals surface area contributed by atoms with Gasteiger partial charge in [0, 0.05) is 12.1 Å². The minimum Gasteiger partial charge on any atom is -0.330 e. The maximum Gasteiger partial charge on any atom is 0.0138 e. The third-order valence-corrected chi connectivity index (χ3v) is 5.02. The first kappa shape index (κ1) is 12.4. The van der Waals surface area contributed by atoms with E-state index in [4.69, 9.17) is 5.73 Å². The highest BCUT2D eigenvalue weighted by atomic mass is 15.2. The lowest BCUT2D eigenvalue weighted by atomic mass is 9.80. The van der Waals surface area contributed by atoms with Crippen molar-refractivity contribution < 1.29 is 0 Å². The van der Waals surface area contributed by atoms with E-state index in [1.807, 2.05) is 0 Å². The normalized spacial score (nSPS) is 42.2. The zero-order valence-corrected chi connectivity index (χ0v) is 11.0. The first-order valence-electron chi connectivity index (χ1n) is 7.20. The number of nitrogens with zero attached hydrogens (tertiary/aromatic N) is 1. The summed E-state index contributed by atoms with van der Waals surface area (Å²) in [6.07, 6.45) is 8.36. The minimum absolute atomic E-state index is 0.765. The van der Waals surface area contributed by atoms with Crippen LogP contribution in [-0.4, -0.2) is 30.1 Å². The summed E-state index contributed by atoms with van der Waals surface area (Å²) in [5, 5.41) is 0. The van der Waals surface area contributed by atoms with E-state index in [1.54, 1.807) is 0 Å². The molecule has 0 bridgehead atoms. The van der Waals surface area contributed by atoms with Gasteiger partial charge in [0.05, 0.1) is 0 Å². The second-order valence-electron chi connectivity index (χ2n) is 5.95. The van der Waals surface area contributed by atoms with Gasteiger partial charge in [0.1, 0.15) is 0 Å². The van der Waals surface area contributed by atoms with Gasteiger partial charge in [-0.25, -0.2) is 0 Å². The van der Waals surface area contributed by atoms with E-state index in [0.717, 1.165) is 30.5 Å². The van der Waals surface area contributed by atoms with E-state index in [0.29, 0.717) is 0 Å². The Morgan fingerprint density at radius 1 is 1.06 bits per heavy atom. The average Bonchev–Trinajstić information content (AvgIpc) is 2.33. The van der Waals surface area contributed by atoms with Crippen LogP contribution in [-0.2, 0) is 0 Å². The van der Waals surface area contributed by atoms with E-state index in [9.17, 15) is 0 Å². The van der Waals surface area contributed by atoms with Crippen molar-refractivity contribution in [1.82, 2.24) is 4.90 Å². The highest BCUT2D eigenvalue weighted by molar-refractivity contribution is 4.89. The van der Waals surface area contributed by atoms with Crippen molar-refractivity contribution >= 4 is 0 Å². The smallest absolute Gasteiger partial charge is 0.0138 e. The van der Waals surface area contributed by atoms with Crippen molar-refractivity contribution in [3.05, 3.63) is 0 Å². The molecule has 1 saturated heterocycles. The zero-order valence-electron chi connectivity index (χ0n) is 11.0. The quantitative estimate of drug-likeness (QED) is 0.781. The van der Waals surface area contributed by atoms with Gasteiger partial charge in [-0.1, -0.05) is 19.8 Å².